The van der Waals surface area contributed by atoms with Crippen LogP contribution in [-0.2, 0) is 9.84 Å². The molecular weight excluding hydrogens is 408 g/mol. The lowest BCUT2D eigenvalue weighted by Gasteiger charge is -2.10. The molecule has 3 aromatic rings. The summed E-state index contributed by atoms with van der Waals surface area (Å²) in [6.45, 7) is 0. The summed E-state index contributed by atoms with van der Waals surface area (Å²) in [5, 5.41) is 14.0. The highest BCUT2D eigenvalue weighted by molar-refractivity contribution is 7.90. The maximum Gasteiger partial charge on any atom is 0.271 e. The van der Waals surface area contributed by atoms with E-state index in [4.69, 9.17) is 11.6 Å². The molecule has 0 bridgehead atoms. The maximum absolute atomic E-state index is 12.5. The van der Waals surface area contributed by atoms with Gasteiger partial charge in [0.1, 0.15) is 0 Å². The van der Waals surface area contributed by atoms with Gasteiger partial charge < -0.3 is 9.88 Å². The minimum Gasteiger partial charge on any atom is -0.322 e. The predicted octanol–water partition coefficient (Wildman–Crippen LogP) is 3.09. The number of nitrogens with one attached hydrogen (secondary N) is 1. The molecule has 0 radical (unpaired) electrons. The van der Waals surface area contributed by atoms with Crippen molar-refractivity contribution in [3.8, 4) is 5.69 Å². The van der Waals surface area contributed by atoms with Crippen molar-refractivity contribution >= 4 is 38.7 Å². The zero-order chi connectivity index (χ0) is 20.5. The van der Waals surface area contributed by atoms with Crippen LogP contribution in [0.5, 0.6) is 0 Å². The molecular formula is C17H13ClN4O5S. The van der Waals surface area contributed by atoms with Gasteiger partial charge in [0.2, 0.25) is 0 Å². The largest absolute Gasteiger partial charge is 0.322 e. The van der Waals surface area contributed by atoms with Crippen LogP contribution in [0.3, 0.4) is 0 Å². The van der Waals surface area contributed by atoms with E-state index in [1.54, 1.807) is 35.4 Å². The summed E-state index contributed by atoms with van der Waals surface area (Å²) in [4.78, 5) is 26.4. The molecule has 11 heteroatoms. The van der Waals surface area contributed by atoms with Crippen LogP contribution in [0, 0.1) is 10.1 Å². The first-order valence-corrected chi connectivity index (χ1v) is 10.0. The quantitative estimate of drug-likeness (QED) is 0.499. The van der Waals surface area contributed by atoms with Crippen LogP contribution in [0.1, 0.15) is 10.4 Å². The van der Waals surface area contributed by atoms with E-state index in [9.17, 15) is 23.3 Å². The molecule has 144 valence electrons. The average Bonchev–Trinajstić information content (AvgIpc) is 3.15. The second kappa shape index (κ2) is 7.41. The number of rotatable bonds is 5. The summed E-state index contributed by atoms with van der Waals surface area (Å²) < 4.78 is 25.2. The molecule has 1 N–H and O–H groups in total. The Kier molecular flexibility index (Phi) is 5.16. The second-order valence-corrected chi connectivity index (χ2v) is 8.26. The third kappa shape index (κ3) is 4.18. The van der Waals surface area contributed by atoms with Gasteiger partial charge in [-0.15, -0.1) is 0 Å². The van der Waals surface area contributed by atoms with E-state index in [2.05, 4.69) is 10.3 Å². The number of carbonyl (C=O) groups excluding carboxylic acids is 1. The fourth-order valence-corrected chi connectivity index (χ4v) is 3.39. The number of sulfone groups is 1. The van der Waals surface area contributed by atoms with Crippen molar-refractivity contribution in [1.82, 2.24) is 9.55 Å². The lowest BCUT2D eigenvalue weighted by atomic mass is 10.2. The van der Waals surface area contributed by atoms with E-state index in [-0.39, 0.29) is 10.5 Å². The number of hydrogen-bond donors (Lipinski definition) is 1. The topological polar surface area (TPSA) is 124 Å². The van der Waals surface area contributed by atoms with Gasteiger partial charge >= 0.3 is 0 Å². The third-order valence-electron chi connectivity index (χ3n) is 3.78. The van der Waals surface area contributed by atoms with Crippen LogP contribution < -0.4 is 5.32 Å². The number of nitro benzene ring substituents is 1. The Morgan fingerprint density at radius 3 is 2.57 bits per heavy atom. The standard InChI is InChI=1S/C17H13ClN4O5S/c1-28(26,27)14-7-11(6-13(9-14)22(24)25)17(23)20-12-2-3-16(15(18)8-12)21-5-4-19-10-21/h2-10H,1H3,(H,20,23). The van der Waals surface area contributed by atoms with Crippen LogP contribution in [0.25, 0.3) is 5.69 Å². The van der Waals surface area contributed by atoms with Crippen molar-refractivity contribution in [3.63, 3.8) is 0 Å². The maximum atomic E-state index is 12.5. The lowest BCUT2D eigenvalue weighted by molar-refractivity contribution is -0.385. The molecule has 0 fully saturated rings. The first-order valence-electron chi connectivity index (χ1n) is 7.74. The normalized spacial score (nSPS) is 11.2. The molecule has 0 aliphatic rings. The van der Waals surface area contributed by atoms with E-state index in [1.807, 2.05) is 0 Å². The molecule has 0 aliphatic heterocycles. The van der Waals surface area contributed by atoms with Crippen molar-refractivity contribution < 1.29 is 18.1 Å². The Bertz CT molecular complexity index is 1180. The van der Waals surface area contributed by atoms with Crippen LogP contribution in [0.4, 0.5) is 11.4 Å². The van der Waals surface area contributed by atoms with Crippen molar-refractivity contribution in [1.29, 1.82) is 0 Å². The molecule has 0 atom stereocenters. The zero-order valence-electron chi connectivity index (χ0n) is 14.4. The van der Waals surface area contributed by atoms with Gasteiger partial charge in [-0.2, -0.15) is 0 Å². The van der Waals surface area contributed by atoms with Crippen molar-refractivity contribution in [3.05, 3.63) is 75.8 Å². The number of benzene rings is 2. The zero-order valence-corrected chi connectivity index (χ0v) is 15.9. The first-order chi connectivity index (χ1) is 13.1. The molecule has 1 aromatic heterocycles. The molecule has 0 saturated carbocycles. The summed E-state index contributed by atoms with van der Waals surface area (Å²) in [6.07, 6.45) is 5.76. The fraction of sp³-hybridized carbons (Fsp3) is 0.0588. The van der Waals surface area contributed by atoms with Crippen molar-refractivity contribution in [2.75, 3.05) is 11.6 Å². The summed E-state index contributed by atoms with van der Waals surface area (Å²) in [7, 11) is -3.74. The highest BCUT2D eigenvalue weighted by Crippen LogP contribution is 2.26. The Labute approximate surface area is 164 Å². The number of imidazole rings is 1. The van der Waals surface area contributed by atoms with Gasteiger partial charge in [-0.05, 0) is 24.3 Å². The Morgan fingerprint density at radius 2 is 2.00 bits per heavy atom. The highest BCUT2D eigenvalue weighted by Gasteiger charge is 2.19. The molecule has 1 heterocycles. The van der Waals surface area contributed by atoms with Crippen molar-refractivity contribution in [2.24, 2.45) is 0 Å². The smallest absolute Gasteiger partial charge is 0.271 e. The molecule has 0 unspecified atom stereocenters. The molecule has 9 nitrogen and oxygen atoms in total. The average molecular weight is 421 g/mol. The van der Waals surface area contributed by atoms with Gasteiger partial charge in [0.05, 0.1) is 26.9 Å². The molecule has 0 aliphatic carbocycles. The van der Waals surface area contributed by atoms with Crippen LogP contribution >= 0.6 is 11.6 Å². The molecule has 28 heavy (non-hydrogen) atoms. The third-order valence-corrected chi connectivity index (χ3v) is 5.18. The first kappa shape index (κ1) is 19.5. The number of halogens is 1. The minimum absolute atomic E-state index is 0.163. The van der Waals surface area contributed by atoms with Gasteiger partial charge in [-0.1, -0.05) is 11.6 Å². The summed E-state index contributed by atoms with van der Waals surface area (Å²) in [6, 6.07) is 7.75. The molecule has 2 aromatic carbocycles. The van der Waals surface area contributed by atoms with E-state index in [0.717, 1.165) is 24.5 Å². The Balaban J connectivity index is 1.92. The monoisotopic (exact) mass is 420 g/mol. The van der Waals surface area contributed by atoms with E-state index in [0.29, 0.717) is 16.4 Å². The number of anilines is 1. The van der Waals surface area contributed by atoms with Gasteiger partial charge in [0, 0.05) is 42.0 Å². The molecule has 0 spiro atoms. The van der Waals surface area contributed by atoms with E-state index in [1.165, 1.54) is 6.07 Å². The number of aromatic nitrogens is 2. The number of nitro groups is 1. The van der Waals surface area contributed by atoms with Crippen LogP contribution in [0.2, 0.25) is 5.02 Å². The Hall–Kier alpha value is -3.24. The predicted molar refractivity (Wildman–Crippen MR) is 103 cm³/mol. The highest BCUT2D eigenvalue weighted by atomic mass is 35.5. The van der Waals surface area contributed by atoms with Crippen LogP contribution in [0.15, 0.2) is 60.0 Å². The molecule has 1 amide bonds. The SMILES string of the molecule is CS(=O)(=O)c1cc(C(=O)Nc2ccc(-n3ccnc3)c(Cl)c2)cc([N+](=O)[O-])c1. The van der Waals surface area contributed by atoms with E-state index < -0.39 is 26.4 Å². The summed E-state index contributed by atoms with van der Waals surface area (Å²) >= 11 is 6.23. The van der Waals surface area contributed by atoms with Gasteiger partial charge in [-0.25, -0.2) is 13.4 Å². The molecule has 0 saturated heterocycles. The Morgan fingerprint density at radius 1 is 1.25 bits per heavy atom. The summed E-state index contributed by atoms with van der Waals surface area (Å²) in [5.41, 5.74) is 0.323. The number of carbonyl (C=O) groups is 1. The fourth-order valence-electron chi connectivity index (χ4n) is 2.43. The second-order valence-electron chi connectivity index (χ2n) is 5.84. The minimum atomic E-state index is -3.74. The number of amides is 1. The van der Waals surface area contributed by atoms with Gasteiger partial charge in [0.15, 0.2) is 9.84 Å². The number of hydrogen-bond acceptors (Lipinski definition) is 6. The molecule has 3 rings (SSSR count). The number of nitrogens with zero attached hydrogens (tertiary/aromatic N) is 3. The van der Waals surface area contributed by atoms with Gasteiger partial charge in [-0.3, -0.25) is 14.9 Å². The van der Waals surface area contributed by atoms with Crippen LogP contribution in [-0.4, -0.2) is 35.1 Å². The lowest BCUT2D eigenvalue weighted by Crippen LogP contribution is -2.13. The van der Waals surface area contributed by atoms with Crippen molar-refractivity contribution in [2.45, 2.75) is 4.90 Å². The number of non-ortho nitro benzene ring substituents is 1. The van der Waals surface area contributed by atoms with Gasteiger partial charge in [0.25, 0.3) is 11.6 Å². The summed E-state index contributed by atoms with van der Waals surface area (Å²) in [5.74, 6) is -0.708. The van der Waals surface area contributed by atoms with E-state index >= 15 is 0 Å².